The minimum absolute atomic E-state index is 0.228. The third-order valence-electron chi connectivity index (χ3n) is 4.61. The lowest BCUT2D eigenvalue weighted by molar-refractivity contribution is 0.00696. The van der Waals surface area contributed by atoms with Crippen LogP contribution in [-0.2, 0) is 4.74 Å². The van der Waals surface area contributed by atoms with Crippen LogP contribution < -0.4 is 16.4 Å². The van der Waals surface area contributed by atoms with E-state index in [-0.39, 0.29) is 11.9 Å². The van der Waals surface area contributed by atoms with Gasteiger partial charge in [0.15, 0.2) is 0 Å². The summed E-state index contributed by atoms with van der Waals surface area (Å²) in [5.41, 5.74) is 12.4. The Hall–Kier alpha value is -2.57. The molecule has 0 unspecified atom stereocenters. The molecule has 1 fully saturated rings. The van der Waals surface area contributed by atoms with Gasteiger partial charge in [-0.05, 0) is 70.7 Å². The molecule has 1 aliphatic heterocycles. The Morgan fingerprint density at radius 2 is 1.73 bits per heavy atom. The van der Waals surface area contributed by atoms with Gasteiger partial charge < -0.3 is 16.2 Å². The quantitative estimate of drug-likeness (QED) is 0.792. The lowest BCUT2D eigenvalue weighted by Gasteiger charge is -2.45. The van der Waals surface area contributed by atoms with Gasteiger partial charge in [0.1, 0.15) is 11.3 Å². The molecule has 26 heavy (non-hydrogen) atoms. The monoisotopic (exact) mass is 357 g/mol. The highest BCUT2D eigenvalue weighted by molar-refractivity contribution is 6.05. The Labute approximate surface area is 154 Å². The fourth-order valence-electron chi connectivity index (χ4n) is 3.58. The van der Waals surface area contributed by atoms with Crippen molar-refractivity contribution in [1.82, 2.24) is 0 Å². The maximum absolute atomic E-state index is 12.2. The van der Waals surface area contributed by atoms with Crippen LogP contribution in [0.1, 0.15) is 63.2 Å². The maximum Gasteiger partial charge on any atom is 0.338 e. The topological polar surface area (TPSA) is 106 Å². The van der Waals surface area contributed by atoms with Gasteiger partial charge in [-0.2, -0.15) is 4.99 Å². The number of nitrogens with two attached hydrogens (primary N) is 2. The molecular formula is C19H27N5O2. The minimum Gasteiger partial charge on any atom is -0.456 e. The van der Waals surface area contributed by atoms with Gasteiger partial charge in [-0.25, -0.2) is 9.79 Å². The number of ether oxygens (including phenoxy) is 1. The molecule has 1 aromatic rings. The van der Waals surface area contributed by atoms with E-state index in [1.165, 1.54) is 6.42 Å². The second-order valence-corrected chi connectivity index (χ2v) is 7.87. The van der Waals surface area contributed by atoms with Crippen LogP contribution in [0.3, 0.4) is 0 Å². The molecule has 140 valence electrons. The van der Waals surface area contributed by atoms with E-state index in [0.29, 0.717) is 11.5 Å². The van der Waals surface area contributed by atoms with Crippen LogP contribution in [0.25, 0.3) is 0 Å². The summed E-state index contributed by atoms with van der Waals surface area (Å²) in [6.07, 6.45) is 5.06. The normalized spacial score (nSPS) is 19.7. The summed E-state index contributed by atoms with van der Waals surface area (Å²) in [5, 5.41) is 0. The number of hydrogen-bond acceptors (Lipinski definition) is 7. The Morgan fingerprint density at radius 3 is 2.31 bits per heavy atom. The highest BCUT2D eigenvalue weighted by Crippen LogP contribution is 2.39. The molecule has 0 bridgehead atoms. The van der Waals surface area contributed by atoms with Crippen molar-refractivity contribution in [3.63, 3.8) is 0 Å². The lowest BCUT2D eigenvalue weighted by Crippen LogP contribution is -2.58. The second kappa shape index (κ2) is 6.63. The van der Waals surface area contributed by atoms with Crippen LogP contribution in [0.5, 0.6) is 0 Å². The van der Waals surface area contributed by atoms with Crippen LogP contribution in [0.2, 0.25) is 0 Å². The first-order valence-electron chi connectivity index (χ1n) is 9.03. The van der Waals surface area contributed by atoms with E-state index in [1.807, 2.05) is 37.8 Å². The minimum atomic E-state index is -0.530. The molecule has 1 spiro atoms. The van der Waals surface area contributed by atoms with E-state index in [4.69, 9.17) is 16.2 Å². The van der Waals surface area contributed by atoms with E-state index in [2.05, 4.69) is 9.98 Å². The maximum atomic E-state index is 12.2. The Kier molecular flexibility index (Phi) is 4.64. The molecular weight excluding hydrogens is 330 g/mol. The van der Waals surface area contributed by atoms with Crippen molar-refractivity contribution in [2.45, 2.75) is 64.1 Å². The van der Waals surface area contributed by atoms with Crippen LogP contribution in [0, 0.1) is 0 Å². The molecule has 0 aromatic heterocycles. The molecule has 1 aromatic carbocycles. The van der Waals surface area contributed by atoms with Gasteiger partial charge in [-0.15, -0.1) is 0 Å². The van der Waals surface area contributed by atoms with E-state index in [9.17, 15) is 4.79 Å². The number of hydrogen-bond donors (Lipinski definition) is 2. The van der Waals surface area contributed by atoms with Gasteiger partial charge >= 0.3 is 5.97 Å². The summed E-state index contributed by atoms with van der Waals surface area (Å²) in [6.45, 7) is 5.54. The summed E-state index contributed by atoms with van der Waals surface area (Å²) in [5.74, 6) is 0.217. The number of esters is 1. The zero-order valence-electron chi connectivity index (χ0n) is 15.7. The van der Waals surface area contributed by atoms with Gasteiger partial charge in [0.05, 0.1) is 5.56 Å². The van der Waals surface area contributed by atoms with E-state index < -0.39 is 11.3 Å². The van der Waals surface area contributed by atoms with Crippen molar-refractivity contribution < 1.29 is 9.53 Å². The first kappa shape index (κ1) is 18.2. The van der Waals surface area contributed by atoms with Gasteiger partial charge in [-0.1, -0.05) is 6.42 Å². The van der Waals surface area contributed by atoms with E-state index in [0.717, 1.165) is 31.4 Å². The third-order valence-corrected chi connectivity index (χ3v) is 4.61. The third kappa shape index (κ3) is 3.66. The summed E-state index contributed by atoms with van der Waals surface area (Å²) < 4.78 is 5.41. The Bertz CT molecular complexity index is 740. The zero-order chi connectivity index (χ0) is 18.9. The van der Waals surface area contributed by atoms with Crippen LogP contribution in [-0.4, -0.2) is 29.2 Å². The number of guanidine groups is 2. The van der Waals surface area contributed by atoms with Crippen LogP contribution >= 0.6 is 0 Å². The summed E-state index contributed by atoms with van der Waals surface area (Å²) in [4.78, 5) is 23.0. The Morgan fingerprint density at radius 1 is 1.12 bits per heavy atom. The molecule has 7 heteroatoms. The van der Waals surface area contributed by atoms with Crippen molar-refractivity contribution in [1.29, 1.82) is 0 Å². The molecule has 2 aliphatic rings. The predicted octanol–water partition coefficient (Wildman–Crippen LogP) is 2.75. The molecule has 0 atom stereocenters. The molecule has 1 saturated carbocycles. The zero-order valence-corrected chi connectivity index (χ0v) is 15.7. The van der Waals surface area contributed by atoms with Crippen molar-refractivity contribution in [2.24, 2.45) is 21.5 Å². The molecule has 3 rings (SSSR count). The molecule has 0 saturated heterocycles. The molecule has 4 N–H and O–H groups in total. The SMILES string of the molecule is CC(C)(C)OC(=O)c1ccc(N2C(N)=NC(N)=NC23CCCCC3)cc1. The molecule has 1 heterocycles. The number of rotatable bonds is 2. The number of anilines is 1. The second-order valence-electron chi connectivity index (χ2n) is 7.87. The number of nitrogens with zero attached hydrogens (tertiary/aromatic N) is 3. The summed E-state index contributed by atoms with van der Waals surface area (Å²) in [7, 11) is 0. The average Bonchev–Trinajstić information content (AvgIpc) is 2.53. The molecule has 7 nitrogen and oxygen atoms in total. The first-order chi connectivity index (χ1) is 12.2. The van der Waals surface area contributed by atoms with Crippen molar-refractivity contribution in [3.05, 3.63) is 29.8 Å². The molecule has 0 radical (unpaired) electrons. The smallest absolute Gasteiger partial charge is 0.338 e. The van der Waals surface area contributed by atoms with Crippen molar-refractivity contribution in [3.8, 4) is 0 Å². The first-order valence-corrected chi connectivity index (χ1v) is 9.03. The van der Waals surface area contributed by atoms with Crippen molar-refractivity contribution >= 4 is 23.6 Å². The van der Waals surface area contributed by atoms with Gasteiger partial charge in [-0.3, -0.25) is 4.90 Å². The van der Waals surface area contributed by atoms with Gasteiger partial charge in [0.2, 0.25) is 11.9 Å². The number of carbonyl (C=O) groups excluding carboxylic acids is 1. The van der Waals surface area contributed by atoms with Crippen LogP contribution in [0.15, 0.2) is 34.3 Å². The highest BCUT2D eigenvalue weighted by Gasteiger charge is 2.42. The number of aliphatic imine (C=N–C) groups is 2. The molecule has 1 aliphatic carbocycles. The number of benzene rings is 1. The standard InChI is InChI=1S/C19H27N5O2/c1-18(2,3)26-15(25)13-7-9-14(10-8-13)24-17(21)22-16(20)23-19(24)11-5-4-6-12-19/h7-10H,4-6,11-12H2,1-3H3,(H4,20,21,22,23). The van der Waals surface area contributed by atoms with Gasteiger partial charge in [0.25, 0.3) is 0 Å². The summed E-state index contributed by atoms with van der Waals surface area (Å²) in [6, 6.07) is 7.20. The lowest BCUT2D eigenvalue weighted by atomic mass is 9.87. The Balaban J connectivity index is 1.89. The fourth-order valence-corrected chi connectivity index (χ4v) is 3.58. The van der Waals surface area contributed by atoms with E-state index in [1.54, 1.807) is 12.1 Å². The van der Waals surface area contributed by atoms with Gasteiger partial charge in [0, 0.05) is 5.69 Å². The van der Waals surface area contributed by atoms with E-state index >= 15 is 0 Å². The van der Waals surface area contributed by atoms with Crippen LogP contribution in [0.4, 0.5) is 5.69 Å². The predicted molar refractivity (Wildman–Crippen MR) is 103 cm³/mol. The largest absolute Gasteiger partial charge is 0.456 e. The molecule has 0 amide bonds. The summed E-state index contributed by atoms with van der Waals surface area (Å²) >= 11 is 0. The average molecular weight is 357 g/mol. The number of carbonyl (C=O) groups is 1. The fraction of sp³-hybridized carbons (Fsp3) is 0.526. The highest BCUT2D eigenvalue weighted by atomic mass is 16.6. The van der Waals surface area contributed by atoms with Crippen molar-refractivity contribution in [2.75, 3.05) is 4.90 Å².